The number of hydrogen-bond acceptors (Lipinski definition) is 8. The van der Waals surface area contributed by atoms with E-state index in [2.05, 4.69) is 20.1 Å². The van der Waals surface area contributed by atoms with Gasteiger partial charge in [-0.05, 0) is 80.3 Å². The molecule has 5 aliphatic rings. The average Bonchev–Trinajstić information content (AvgIpc) is 3.59. The Morgan fingerprint density at radius 2 is 1.85 bits per heavy atom. The van der Waals surface area contributed by atoms with Gasteiger partial charge in [-0.15, -0.1) is 0 Å². The fourth-order valence-electron chi connectivity index (χ4n) is 8.17. The van der Waals surface area contributed by atoms with E-state index >= 15 is 4.39 Å². The van der Waals surface area contributed by atoms with Crippen LogP contribution in [0, 0.1) is 5.82 Å². The van der Waals surface area contributed by atoms with Crippen molar-refractivity contribution in [2.24, 2.45) is 0 Å². The van der Waals surface area contributed by atoms with Gasteiger partial charge in [-0.2, -0.15) is 9.97 Å². The van der Waals surface area contributed by atoms with Crippen molar-refractivity contribution in [3.63, 3.8) is 0 Å². The first-order valence-corrected chi connectivity index (χ1v) is 17.3. The maximum atomic E-state index is 17.2. The van der Waals surface area contributed by atoms with E-state index in [9.17, 15) is 9.18 Å². The third-order valence-electron chi connectivity index (χ3n) is 10.5. The molecule has 1 aliphatic carbocycles. The Kier molecular flexibility index (Phi) is 7.89. The van der Waals surface area contributed by atoms with Gasteiger partial charge in [-0.3, -0.25) is 4.90 Å². The molecule has 2 bridgehead atoms. The zero-order valence-electron chi connectivity index (χ0n) is 26.5. The number of nitrogens with one attached hydrogen (secondary N) is 1. The number of piperazine rings is 1. The second kappa shape index (κ2) is 11.9. The number of benzene rings is 2. The van der Waals surface area contributed by atoms with Crippen LogP contribution >= 0.6 is 23.2 Å². The van der Waals surface area contributed by atoms with Crippen LogP contribution in [0.15, 0.2) is 18.2 Å². The number of anilines is 1. The Balaban J connectivity index is 1.25. The molecule has 1 N–H and O–H groups in total. The van der Waals surface area contributed by atoms with Gasteiger partial charge in [-0.25, -0.2) is 13.6 Å². The van der Waals surface area contributed by atoms with Crippen molar-refractivity contribution in [3.8, 4) is 22.9 Å². The Labute approximate surface area is 282 Å². The topological polar surface area (TPSA) is 83.1 Å². The van der Waals surface area contributed by atoms with Crippen LogP contribution < -0.4 is 19.7 Å². The molecule has 5 heterocycles. The van der Waals surface area contributed by atoms with Crippen LogP contribution in [0.1, 0.15) is 56.4 Å². The van der Waals surface area contributed by atoms with Crippen LogP contribution in [-0.4, -0.2) is 96.5 Å². The van der Waals surface area contributed by atoms with Crippen molar-refractivity contribution in [1.29, 1.82) is 0 Å². The highest BCUT2D eigenvalue weighted by Gasteiger charge is 2.49. The molecule has 4 saturated heterocycles. The maximum absolute atomic E-state index is 17.2. The van der Waals surface area contributed by atoms with Crippen LogP contribution in [0.25, 0.3) is 22.0 Å². The fraction of sp³-hybridized carbons (Fsp3) is 0.559. The molecule has 0 radical (unpaired) electrons. The maximum Gasteiger partial charge on any atom is 0.414 e. The summed E-state index contributed by atoms with van der Waals surface area (Å²) in [5.41, 5.74) is 1.05. The molecule has 1 saturated carbocycles. The monoisotopic (exact) mass is 686 g/mol. The summed E-state index contributed by atoms with van der Waals surface area (Å²) in [4.78, 5) is 27.6. The summed E-state index contributed by atoms with van der Waals surface area (Å²) in [6.07, 6.45) is 4.69. The number of ether oxygens (including phenoxy) is 2. The van der Waals surface area contributed by atoms with Gasteiger partial charge in [0.1, 0.15) is 29.9 Å². The molecular formula is C34H38Cl2F2N6O3. The van der Waals surface area contributed by atoms with Crippen molar-refractivity contribution in [1.82, 2.24) is 25.1 Å². The standard InChI is InChI=1S/C34H38Cl2F2N6O3/c1-42(2)33(45)47-22-10-23(27(18-4-5-18)25(35)11-22)28-26(36)12-24-30(29(28)38)40-32(41-31(24)43-15-20-6-7-21(16-43)39-20)46-17-34-8-3-9-44(34)14-19(37)13-34/h10-12,18-21,39H,3-9,13-17H2,1-2H3/t19-,20?,21?,34+/m1/s1. The molecule has 1 aromatic heterocycles. The van der Waals surface area contributed by atoms with Crippen LogP contribution in [0.2, 0.25) is 10.0 Å². The quantitative estimate of drug-likeness (QED) is 0.299. The zero-order chi connectivity index (χ0) is 32.6. The van der Waals surface area contributed by atoms with E-state index in [0.717, 1.165) is 50.6 Å². The summed E-state index contributed by atoms with van der Waals surface area (Å²) >= 11 is 13.8. The summed E-state index contributed by atoms with van der Waals surface area (Å²) in [7, 11) is 3.16. The predicted molar refractivity (Wildman–Crippen MR) is 177 cm³/mol. The van der Waals surface area contributed by atoms with E-state index in [1.165, 1.54) is 4.90 Å². The third-order valence-corrected chi connectivity index (χ3v) is 11.1. The van der Waals surface area contributed by atoms with Crippen molar-refractivity contribution < 1.29 is 23.0 Å². The molecule has 1 amide bonds. The molecular weight excluding hydrogens is 649 g/mol. The van der Waals surface area contributed by atoms with Gasteiger partial charge in [-0.1, -0.05) is 23.2 Å². The SMILES string of the molecule is CN(C)C(=O)Oc1cc(Cl)c(C2CC2)c(-c2c(Cl)cc3c(N4CC5CCC(C4)N5)nc(OC[C@@]45CCCN4C[C@H](F)C5)nc3c2F)c1. The normalized spacial score (nSPS) is 27.0. The fourth-order valence-corrected chi connectivity index (χ4v) is 8.83. The van der Waals surface area contributed by atoms with Gasteiger partial charge in [0.15, 0.2) is 5.82 Å². The minimum Gasteiger partial charge on any atom is -0.461 e. The molecule has 8 rings (SSSR count). The van der Waals surface area contributed by atoms with Gasteiger partial charge in [0.25, 0.3) is 0 Å². The molecule has 3 aromatic rings. The van der Waals surface area contributed by atoms with E-state index in [-0.39, 0.29) is 40.4 Å². The third kappa shape index (κ3) is 5.66. The van der Waals surface area contributed by atoms with Crippen molar-refractivity contribution in [3.05, 3.63) is 39.6 Å². The number of halogens is 4. The highest BCUT2D eigenvalue weighted by atomic mass is 35.5. The Morgan fingerprint density at radius 3 is 2.57 bits per heavy atom. The van der Waals surface area contributed by atoms with Gasteiger partial charge < -0.3 is 24.6 Å². The molecule has 250 valence electrons. The number of nitrogens with zero attached hydrogens (tertiary/aromatic N) is 5. The summed E-state index contributed by atoms with van der Waals surface area (Å²) in [6, 6.07) is 5.63. The second-order valence-electron chi connectivity index (χ2n) is 14.1. The minimum absolute atomic E-state index is 0.0585. The smallest absolute Gasteiger partial charge is 0.414 e. The Bertz CT molecular complexity index is 1750. The minimum atomic E-state index is -0.897. The van der Waals surface area contributed by atoms with Crippen LogP contribution in [0.5, 0.6) is 11.8 Å². The molecule has 4 atom stereocenters. The number of carbonyl (C=O) groups excluding carboxylic acids is 1. The Morgan fingerprint density at radius 1 is 1.09 bits per heavy atom. The molecule has 13 heteroatoms. The molecule has 2 unspecified atom stereocenters. The van der Waals surface area contributed by atoms with E-state index < -0.39 is 23.6 Å². The molecule has 0 spiro atoms. The molecule has 9 nitrogen and oxygen atoms in total. The number of carbonyl (C=O) groups is 1. The summed E-state index contributed by atoms with van der Waals surface area (Å²) in [6.45, 7) is 2.90. The number of fused-ring (bicyclic) bond motifs is 4. The van der Waals surface area contributed by atoms with Gasteiger partial charge in [0, 0.05) is 68.2 Å². The number of rotatable bonds is 7. The lowest BCUT2D eigenvalue weighted by molar-refractivity contribution is 0.107. The van der Waals surface area contributed by atoms with Crippen molar-refractivity contribution in [2.45, 2.75) is 74.7 Å². The molecule has 4 aliphatic heterocycles. The number of aromatic nitrogens is 2. The summed E-state index contributed by atoms with van der Waals surface area (Å²) in [5.74, 6) is 0.271. The highest BCUT2D eigenvalue weighted by molar-refractivity contribution is 6.35. The van der Waals surface area contributed by atoms with Crippen LogP contribution in [-0.2, 0) is 0 Å². The highest BCUT2D eigenvalue weighted by Crippen LogP contribution is 2.51. The van der Waals surface area contributed by atoms with Crippen LogP contribution in [0.4, 0.5) is 19.4 Å². The molecule has 5 fully saturated rings. The average molecular weight is 688 g/mol. The van der Waals surface area contributed by atoms with Crippen molar-refractivity contribution >= 4 is 46.0 Å². The Hall–Kier alpha value is -2.99. The summed E-state index contributed by atoms with van der Waals surface area (Å²) < 4.78 is 43.5. The number of alkyl halides is 1. The first-order valence-electron chi connectivity index (χ1n) is 16.5. The molecule has 47 heavy (non-hydrogen) atoms. The number of hydrogen-bond donors (Lipinski definition) is 1. The van der Waals surface area contributed by atoms with Crippen LogP contribution in [0.3, 0.4) is 0 Å². The second-order valence-corrected chi connectivity index (χ2v) is 14.9. The predicted octanol–water partition coefficient (Wildman–Crippen LogP) is 6.58. The van der Waals surface area contributed by atoms with Gasteiger partial charge in [0.05, 0.1) is 10.6 Å². The largest absolute Gasteiger partial charge is 0.461 e. The first-order chi connectivity index (χ1) is 22.6. The number of amides is 1. The van der Waals surface area contributed by atoms with Gasteiger partial charge >= 0.3 is 12.1 Å². The lowest BCUT2D eigenvalue weighted by atomic mass is 9.94. The van der Waals surface area contributed by atoms with Crippen molar-refractivity contribution in [2.75, 3.05) is 51.8 Å². The molecule has 2 aromatic carbocycles. The lowest BCUT2D eigenvalue weighted by Gasteiger charge is -2.34. The zero-order valence-corrected chi connectivity index (χ0v) is 28.0. The van der Waals surface area contributed by atoms with E-state index in [0.29, 0.717) is 59.9 Å². The van der Waals surface area contributed by atoms with Gasteiger partial charge in [0.2, 0.25) is 0 Å². The van der Waals surface area contributed by atoms with E-state index in [4.69, 9.17) is 37.7 Å². The van der Waals surface area contributed by atoms with E-state index in [1.54, 1.807) is 32.3 Å². The first kappa shape index (κ1) is 31.3. The summed E-state index contributed by atoms with van der Waals surface area (Å²) in [5, 5.41) is 4.70. The van der Waals surface area contributed by atoms with E-state index in [1.807, 2.05) is 0 Å². The lowest BCUT2D eigenvalue weighted by Crippen LogP contribution is -2.51.